The highest BCUT2D eigenvalue weighted by atomic mass is 79.9. The summed E-state index contributed by atoms with van der Waals surface area (Å²) in [6, 6.07) is 7.26. The lowest BCUT2D eigenvalue weighted by molar-refractivity contribution is 0.112. The number of benzene rings is 2. The molecular weight excluding hydrogens is 302 g/mol. The number of rotatable bonds is 2. The van der Waals surface area contributed by atoms with Crippen molar-refractivity contribution in [3.05, 3.63) is 57.6 Å². The molecule has 0 radical (unpaired) electrons. The molecule has 0 atom stereocenters. The van der Waals surface area contributed by atoms with Gasteiger partial charge in [-0.3, -0.25) is 4.79 Å². The first-order chi connectivity index (χ1) is 8.54. The van der Waals surface area contributed by atoms with Crippen molar-refractivity contribution in [3.63, 3.8) is 0 Å². The van der Waals surface area contributed by atoms with Gasteiger partial charge in [-0.25, -0.2) is 8.78 Å². The fourth-order valence-corrected chi connectivity index (χ4v) is 2.09. The molecule has 2 aromatic carbocycles. The van der Waals surface area contributed by atoms with E-state index in [9.17, 15) is 13.6 Å². The molecule has 2 rings (SSSR count). The van der Waals surface area contributed by atoms with E-state index in [0.29, 0.717) is 23.0 Å². The van der Waals surface area contributed by atoms with Gasteiger partial charge in [0.25, 0.3) is 0 Å². The summed E-state index contributed by atoms with van der Waals surface area (Å²) in [5.41, 5.74) is 1.35. The number of hydrogen-bond donors (Lipinski definition) is 0. The zero-order chi connectivity index (χ0) is 13.3. The summed E-state index contributed by atoms with van der Waals surface area (Å²) in [6.07, 6.45) is 0.650. The molecule has 0 heterocycles. The average molecular weight is 311 g/mol. The van der Waals surface area contributed by atoms with Gasteiger partial charge in [0.05, 0.1) is 10.0 Å². The topological polar surface area (TPSA) is 17.1 Å². The molecule has 0 N–H and O–H groups in total. The Morgan fingerprint density at radius 3 is 2.56 bits per heavy atom. The van der Waals surface area contributed by atoms with E-state index in [2.05, 4.69) is 15.9 Å². The molecule has 18 heavy (non-hydrogen) atoms. The molecule has 0 aliphatic rings. The summed E-state index contributed by atoms with van der Waals surface area (Å²) in [5.74, 6) is -1.32. The predicted octanol–water partition coefficient (Wildman–Crippen LogP) is 4.52. The van der Waals surface area contributed by atoms with Gasteiger partial charge in [-0.15, -0.1) is 0 Å². The highest BCUT2D eigenvalue weighted by molar-refractivity contribution is 9.10. The van der Waals surface area contributed by atoms with Gasteiger partial charge in [0.15, 0.2) is 0 Å². The number of hydrogen-bond acceptors (Lipinski definition) is 1. The number of aldehydes is 1. The molecule has 2 aromatic rings. The summed E-state index contributed by atoms with van der Waals surface area (Å²) in [7, 11) is 0. The van der Waals surface area contributed by atoms with Crippen LogP contribution in [-0.2, 0) is 0 Å². The quantitative estimate of drug-likeness (QED) is 0.589. The van der Waals surface area contributed by atoms with Crippen LogP contribution >= 0.6 is 15.9 Å². The SMILES string of the molecule is Cc1ccc(C=O)cc1-c1c(F)ccc(Br)c1F. The van der Waals surface area contributed by atoms with Crippen molar-refractivity contribution in [2.45, 2.75) is 6.92 Å². The fourth-order valence-electron chi connectivity index (χ4n) is 1.76. The molecule has 0 saturated heterocycles. The van der Waals surface area contributed by atoms with Crippen molar-refractivity contribution in [2.75, 3.05) is 0 Å². The van der Waals surface area contributed by atoms with Gasteiger partial charge in [0.1, 0.15) is 17.9 Å². The van der Waals surface area contributed by atoms with Crippen LogP contribution in [0.1, 0.15) is 15.9 Å². The lowest BCUT2D eigenvalue weighted by Crippen LogP contribution is -1.95. The van der Waals surface area contributed by atoms with Gasteiger partial charge in [-0.05, 0) is 52.2 Å². The summed E-state index contributed by atoms with van der Waals surface area (Å²) >= 11 is 3.03. The molecule has 4 heteroatoms. The third-order valence-electron chi connectivity index (χ3n) is 2.71. The van der Waals surface area contributed by atoms with Crippen LogP contribution in [-0.4, -0.2) is 6.29 Å². The van der Waals surface area contributed by atoms with Crippen LogP contribution in [0.2, 0.25) is 0 Å². The second kappa shape index (κ2) is 4.98. The largest absolute Gasteiger partial charge is 0.298 e. The van der Waals surface area contributed by atoms with Crippen molar-refractivity contribution in [2.24, 2.45) is 0 Å². The average Bonchev–Trinajstić information content (AvgIpc) is 2.36. The first kappa shape index (κ1) is 12.9. The normalized spacial score (nSPS) is 10.4. The summed E-state index contributed by atoms with van der Waals surface area (Å²) < 4.78 is 28.0. The lowest BCUT2D eigenvalue weighted by atomic mass is 9.97. The predicted molar refractivity (Wildman–Crippen MR) is 69.6 cm³/mol. The summed E-state index contributed by atoms with van der Waals surface area (Å²) in [5, 5.41) is 0. The standard InChI is InChI=1S/C14H9BrF2O/c1-8-2-3-9(7-18)6-10(8)13-12(16)5-4-11(15)14(13)17/h2-7H,1H3. The first-order valence-electron chi connectivity index (χ1n) is 5.24. The lowest BCUT2D eigenvalue weighted by Gasteiger charge is -2.10. The third-order valence-corrected chi connectivity index (χ3v) is 3.32. The highest BCUT2D eigenvalue weighted by Gasteiger charge is 2.16. The highest BCUT2D eigenvalue weighted by Crippen LogP contribution is 2.32. The van der Waals surface area contributed by atoms with Crippen LogP contribution in [0.4, 0.5) is 8.78 Å². The van der Waals surface area contributed by atoms with E-state index in [0.717, 1.165) is 0 Å². The molecule has 0 aromatic heterocycles. The van der Waals surface area contributed by atoms with Crippen LogP contribution in [0.25, 0.3) is 11.1 Å². The summed E-state index contributed by atoms with van der Waals surface area (Å²) in [4.78, 5) is 10.7. The molecule has 0 aliphatic heterocycles. The second-order valence-electron chi connectivity index (χ2n) is 3.91. The zero-order valence-corrected chi connectivity index (χ0v) is 11.1. The van der Waals surface area contributed by atoms with Gasteiger partial charge in [-0.2, -0.15) is 0 Å². The van der Waals surface area contributed by atoms with E-state index in [1.165, 1.54) is 18.2 Å². The minimum absolute atomic E-state index is 0.120. The van der Waals surface area contributed by atoms with E-state index < -0.39 is 11.6 Å². The molecule has 0 unspecified atom stereocenters. The van der Waals surface area contributed by atoms with E-state index in [-0.39, 0.29) is 10.0 Å². The number of carbonyl (C=O) groups excluding carboxylic acids is 1. The van der Waals surface area contributed by atoms with Gasteiger partial charge in [0.2, 0.25) is 0 Å². The van der Waals surface area contributed by atoms with E-state index in [1.54, 1.807) is 19.1 Å². The number of aryl methyl sites for hydroxylation is 1. The van der Waals surface area contributed by atoms with Crippen LogP contribution < -0.4 is 0 Å². The van der Waals surface area contributed by atoms with Gasteiger partial charge in [0, 0.05) is 5.56 Å². The minimum atomic E-state index is -0.666. The Kier molecular flexibility index (Phi) is 3.57. The molecule has 92 valence electrons. The van der Waals surface area contributed by atoms with Crippen molar-refractivity contribution < 1.29 is 13.6 Å². The zero-order valence-electron chi connectivity index (χ0n) is 9.51. The second-order valence-corrected chi connectivity index (χ2v) is 4.76. The first-order valence-corrected chi connectivity index (χ1v) is 6.03. The molecule has 0 fully saturated rings. The Morgan fingerprint density at radius 1 is 1.17 bits per heavy atom. The maximum absolute atomic E-state index is 14.0. The van der Waals surface area contributed by atoms with E-state index in [1.807, 2.05) is 0 Å². The molecule has 0 amide bonds. The van der Waals surface area contributed by atoms with Gasteiger partial charge in [-0.1, -0.05) is 12.1 Å². The summed E-state index contributed by atoms with van der Waals surface area (Å²) in [6.45, 7) is 1.74. The van der Waals surface area contributed by atoms with Crippen molar-refractivity contribution in [1.82, 2.24) is 0 Å². The van der Waals surface area contributed by atoms with Crippen molar-refractivity contribution >= 4 is 22.2 Å². The maximum atomic E-state index is 14.0. The molecule has 1 nitrogen and oxygen atoms in total. The number of carbonyl (C=O) groups is 1. The van der Waals surface area contributed by atoms with Gasteiger partial charge >= 0.3 is 0 Å². The van der Waals surface area contributed by atoms with E-state index >= 15 is 0 Å². The Morgan fingerprint density at radius 2 is 1.89 bits per heavy atom. The smallest absolute Gasteiger partial charge is 0.150 e. The van der Waals surface area contributed by atoms with Crippen LogP contribution in [0.3, 0.4) is 0 Å². The van der Waals surface area contributed by atoms with Gasteiger partial charge < -0.3 is 0 Å². The van der Waals surface area contributed by atoms with Crippen molar-refractivity contribution in [1.29, 1.82) is 0 Å². The van der Waals surface area contributed by atoms with Crippen molar-refractivity contribution in [3.8, 4) is 11.1 Å². The van der Waals surface area contributed by atoms with Crippen LogP contribution in [0, 0.1) is 18.6 Å². The minimum Gasteiger partial charge on any atom is -0.298 e. The number of halogens is 3. The molecule has 0 aliphatic carbocycles. The third kappa shape index (κ3) is 2.20. The Hall–Kier alpha value is -1.55. The Labute approximate surface area is 112 Å². The molecule has 0 bridgehead atoms. The monoisotopic (exact) mass is 310 g/mol. The fraction of sp³-hybridized carbons (Fsp3) is 0.0714. The molecule has 0 saturated carbocycles. The molecule has 0 spiro atoms. The Bertz CT molecular complexity index is 623. The Balaban J connectivity index is 2.76. The molecular formula is C14H9BrF2O. The van der Waals surface area contributed by atoms with E-state index in [4.69, 9.17) is 0 Å². The maximum Gasteiger partial charge on any atom is 0.150 e. The van der Waals surface area contributed by atoms with Crippen LogP contribution in [0.5, 0.6) is 0 Å². The van der Waals surface area contributed by atoms with Crippen LogP contribution in [0.15, 0.2) is 34.8 Å².